The number of hydrogen-bond acceptors (Lipinski definition) is 1. The Balaban J connectivity index is 2.13. The quantitative estimate of drug-likeness (QED) is 0.718. The molecule has 1 aliphatic carbocycles. The van der Waals surface area contributed by atoms with E-state index >= 15 is 0 Å². The lowest BCUT2D eigenvalue weighted by atomic mass is 9.77. The van der Waals surface area contributed by atoms with Crippen LogP contribution in [0.2, 0.25) is 0 Å². The first-order valence-electron chi connectivity index (χ1n) is 7.68. The molecule has 0 saturated heterocycles. The van der Waals surface area contributed by atoms with E-state index in [1.165, 1.54) is 11.1 Å². The highest BCUT2D eigenvalue weighted by Gasteiger charge is 2.26. The van der Waals surface area contributed by atoms with Crippen molar-refractivity contribution in [2.45, 2.75) is 52.9 Å². The van der Waals surface area contributed by atoms with Crippen LogP contribution in [0.15, 0.2) is 42.0 Å². The van der Waals surface area contributed by atoms with Gasteiger partial charge in [0.1, 0.15) is 0 Å². The second-order valence-corrected chi connectivity index (χ2v) is 7.91. The fourth-order valence-corrected chi connectivity index (χ4v) is 2.80. The summed E-state index contributed by atoms with van der Waals surface area (Å²) >= 11 is 0. The Labute approximate surface area is 128 Å². The molecule has 2 rings (SSSR count). The third kappa shape index (κ3) is 4.42. The van der Waals surface area contributed by atoms with Crippen LogP contribution in [0.4, 0.5) is 0 Å². The fourth-order valence-electron chi connectivity index (χ4n) is 2.80. The molecule has 1 heteroatoms. The van der Waals surface area contributed by atoms with Gasteiger partial charge in [-0.1, -0.05) is 71.0 Å². The predicted octanol–water partition coefficient (Wildman–Crippen LogP) is 5.31. The van der Waals surface area contributed by atoms with Crippen LogP contribution in [0.25, 0.3) is 6.08 Å². The van der Waals surface area contributed by atoms with Gasteiger partial charge in [0.25, 0.3) is 0 Å². The molecule has 0 heterocycles. The topological polar surface area (TPSA) is 17.1 Å². The van der Waals surface area contributed by atoms with Crippen molar-refractivity contribution in [1.82, 2.24) is 0 Å². The summed E-state index contributed by atoms with van der Waals surface area (Å²) in [5, 5.41) is 0. The molecular formula is C20H26O. The number of carbonyl (C=O) groups excluding carboxylic acids is 1. The summed E-state index contributed by atoms with van der Waals surface area (Å²) in [5.41, 5.74) is 3.93. The molecule has 0 saturated carbocycles. The summed E-state index contributed by atoms with van der Waals surface area (Å²) < 4.78 is 0. The van der Waals surface area contributed by atoms with Crippen LogP contribution in [0.3, 0.4) is 0 Å². The first-order chi connectivity index (χ1) is 9.66. The molecule has 0 spiro atoms. The van der Waals surface area contributed by atoms with E-state index in [2.05, 4.69) is 71.0 Å². The lowest BCUT2D eigenvalue weighted by Gasteiger charge is -2.27. The summed E-state index contributed by atoms with van der Waals surface area (Å²) in [6.07, 6.45) is 7.61. The molecule has 112 valence electrons. The van der Waals surface area contributed by atoms with Crippen molar-refractivity contribution in [3.8, 4) is 0 Å². The largest absolute Gasteiger partial charge is 0.295 e. The van der Waals surface area contributed by atoms with E-state index in [9.17, 15) is 4.79 Å². The molecule has 1 aliphatic rings. The van der Waals surface area contributed by atoms with Crippen molar-refractivity contribution in [3.63, 3.8) is 0 Å². The Morgan fingerprint density at radius 2 is 1.62 bits per heavy atom. The molecule has 0 aromatic heterocycles. The molecule has 21 heavy (non-hydrogen) atoms. The number of carbonyl (C=O) groups is 1. The third-order valence-corrected chi connectivity index (χ3v) is 3.95. The van der Waals surface area contributed by atoms with Crippen LogP contribution < -0.4 is 0 Å². The molecule has 0 fully saturated rings. The van der Waals surface area contributed by atoms with Gasteiger partial charge in [0.15, 0.2) is 5.78 Å². The number of ketones is 1. The van der Waals surface area contributed by atoms with Crippen LogP contribution in [-0.2, 0) is 10.2 Å². The van der Waals surface area contributed by atoms with E-state index in [0.717, 1.165) is 12.0 Å². The summed E-state index contributed by atoms with van der Waals surface area (Å²) in [7, 11) is 0. The first-order valence-corrected chi connectivity index (χ1v) is 7.68. The van der Waals surface area contributed by atoms with E-state index in [4.69, 9.17) is 0 Å². The average molecular weight is 282 g/mol. The Kier molecular flexibility index (Phi) is 4.22. The van der Waals surface area contributed by atoms with E-state index in [1.807, 2.05) is 0 Å². The number of benzene rings is 1. The molecule has 0 radical (unpaired) electrons. The summed E-state index contributed by atoms with van der Waals surface area (Å²) in [4.78, 5) is 11.7. The Morgan fingerprint density at radius 3 is 2.14 bits per heavy atom. The van der Waals surface area contributed by atoms with Crippen LogP contribution in [0, 0.1) is 5.41 Å². The van der Waals surface area contributed by atoms with Gasteiger partial charge in [0, 0.05) is 6.42 Å². The fraction of sp³-hybridized carbons (Fsp3) is 0.450. The van der Waals surface area contributed by atoms with Crippen molar-refractivity contribution in [3.05, 3.63) is 53.1 Å². The van der Waals surface area contributed by atoms with Crippen LogP contribution >= 0.6 is 0 Å². The van der Waals surface area contributed by atoms with Gasteiger partial charge in [-0.05, 0) is 40.0 Å². The predicted molar refractivity (Wildman–Crippen MR) is 90.3 cm³/mol. The van der Waals surface area contributed by atoms with Crippen molar-refractivity contribution in [1.29, 1.82) is 0 Å². The minimum atomic E-state index is 0.0849. The van der Waals surface area contributed by atoms with E-state index in [0.29, 0.717) is 6.42 Å². The molecule has 1 aromatic rings. The van der Waals surface area contributed by atoms with E-state index in [-0.39, 0.29) is 16.6 Å². The molecule has 0 amide bonds. The summed E-state index contributed by atoms with van der Waals surface area (Å²) in [6, 6.07) is 8.66. The molecule has 1 nitrogen and oxygen atoms in total. The first kappa shape index (κ1) is 15.8. The molecule has 0 atom stereocenters. The Bertz CT molecular complexity index is 577. The molecular weight excluding hydrogens is 256 g/mol. The van der Waals surface area contributed by atoms with Gasteiger partial charge in [-0.3, -0.25) is 4.79 Å². The molecule has 0 aliphatic heterocycles. The third-order valence-electron chi connectivity index (χ3n) is 3.95. The van der Waals surface area contributed by atoms with Crippen molar-refractivity contribution in [2.75, 3.05) is 0 Å². The zero-order valence-electron chi connectivity index (χ0n) is 13.9. The van der Waals surface area contributed by atoms with Crippen molar-refractivity contribution < 1.29 is 4.79 Å². The highest BCUT2D eigenvalue weighted by molar-refractivity contribution is 5.92. The van der Waals surface area contributed by atoms with Gasteiger partial charge in [-0.25, -0.2) is 0 Å². The average Bonchev–Trinajstić information content (AvgIpc) is 2.33. The summed E-state index contributed by atoms with van der Waals surface area (Å²) in [6.45, 7) is 11.0. The molecule has 0 N–H and O–H groups in total. The minimum absolute atomic E-state index is 0.0849. The maximum Gasteiger partial charge on any atom is 0.156 e. The second-order valence-electron chi connectivity index (χ2n) is 7.91. The highest BCUT2D eigenvalue weighted by atomic mass is 16.1. The summed E-state index contributed by atoms with van der Waals surface area (Å²) in [5.74, 6) is 0.244. The van der Waals surface area contributed by atoms with Crippen molar-refractivity contribution in [2.24, 2.45) is 5.41 Å². The van der Waals surface area contributed by atoms with Crippen LogP contribution in [0.1, 0.15) is 58.6 Å². The lowest BCUT2D eigenvalue weighted by molar-refractivity contribution is -0.116. The van der Waals surface area contributed by atoms with Gasteiger partial charge in [0.2, 0.25) is 0 Å². The molecule has 0 bridgehead atoms. The van der Waals surface area contributed by atoms with E-state index in [1.54, 1.807) is 6.08 Å². The number of allylic oxidation sites excluding steroid dienone is 3. The smallest absolute Gasteiger partial charge is 0.156 e. The minimum Gasteiger partial charge on any atom is -0.295 e. The highest BCUT2D eigenvalue weighted by Crippen LogP contribution is 2.34. The van der Waals surface area contributed by atoms with Gasteiger partial charge in [-0.2, -0.15) is 0 Å². The van der Waals surface area contributed by atoms with Gasteiger partial charge < -0.3 is 0 Å². The molecule has 0 unspecified atom stereocenters. The van der Waals surface area contributed by atoms with Crippen LogP contribution in [-0.4, -0.2) is 5.78 Å². The van der Waals surface area contributed by atoms with Gasteiger partial charge in [-0.15, -0.1) is 0 Å². The van der Waals surface area contributed by atoms with Gasteiger partial charge in [0.05, 0.1) is 0 Å². The Hall–Kier alpha value is -1.63. The Morgan fingerprint density at radius 1 is 1.00 bits per heavy atom. The van der Waals surface area contributed by atoms with Gasteiger partial charge >= 0.3 is 0 Å². The maximum atomic E-state index is 11.7. The number of hydrogen-bond donors (Lipinski definition) is 0. The number of rotatable bonds is 2. The van der Waals surface area contributed by atoms with Crippen molar-refractivity contribution >= 4 is 11.9 Å². The standard InChI is InChI=1S/C20H26O/c1-19(2,3)17-10-8-15(9-11-17)6-7-16-12-18(21)14-20(4,5)13-16/h6-12H,13-14H2,1-5H3. The molecule has 1 aromatic carbocycles. The zero-order chi connectivity index (χ0) is 15.7. The monoisotopic (exact) mass is 282 g/mol. The SMILES string of the molecule is CC1(C)CC(=O)C=C(C=Cc2ccc(C(C)(C)C)cc2)C1. The van der Waals surface area contributed by atoms with E-state index < -0.39 is 0 Å². The second kappa shape index (κ2) is 5.63. The lowest BCUT2D eigenvalue weighted by Crippen LogP contribution is -2.21. The zero-order valence-corrected chi connectivity index (χ0v) is 13.9. The van der Waals surface area contributed by atoms with Crippen LogP contribution in [0.5, 0.6) is 0 Å². The maximum absolute atomic E-state index is 11.7. The normalized spacial score (nSPS) is 18.9.